The molecule has 0 atom stereocenters. The Morgan fingerprint density at radius 1 is 1.15 bits per heavy atom. The van der Waals surface area contributed by atoms with Gasteiger partial charge in [-0.1, -0.05) is 12.1 Å². The van der Waals surface area contributed by atoms with E-state index in [1.807, 2.05) is 36.5 Å². The molecule has 0 radical (unpaired) electrons. The number of hydrogen-bond donors (Lipinski definition) is 2. The first-order chi connectivity index (χ1) is 9.70. The maximum absolute atomic E-state index is 10.8. The lowest BCUT2D eigenvalue weighted by molar-refractivity contribution is -0.696. The zero-order valence-electron chi connectivity index (χ0n) is 11.1. The number of benzene rings is 1. The van der Waals surface area contributed by atoms with Gasteiger partial charge in [0.25, 0.3) is 0 Å². The molecule has 4 nitrogen and oxygen atoms in total. The van der Waals surface area contributed by atoms with Crippen LogP contribution in [0.1, 0.15) is 21.6 Å². The van der Waals surface area contributed by atoms with Crippen molar-refractivity contribution >= 4 is 18.1 Å². The number of pyridine rings is 1. The lowest BCUT2D eigenvalue weighted by Gasteiger charge is -1.99. The first-order valence-corrected chi connectivity index (χ1v) is 6.40. The van der Waals surface area contributed by atoms with Crippen LogP contribution in [0.2, 0.25) is 0 Å². The number of carbonyl (C=O) groups is 1. The van der Waals surface area contributed by atoms with Gasteiger partial charge in [-0.15, -0.1) is 0 Å². The highest BCUT2D eigenvalue weighted by Crippen LogP contribution is 2.08. The summed E-state index contributed by atoms with van der Waals surface area (Å²) in [7, 11) is 0. The number of nitrogens with two attached hydrogens (primary N) is 1. The number of hydrogen-bond acceptors (Lipinski definition) is 2. The van der Waals surface area contributed by atoms with Crippen LogP contribution < -0.4 is 10.3 Å². The van der Waals surface area contributed by atoms with Crippen molar-refractivity contribution in [1.29, 1.82) is 0 Å². The summed E-state index contributed by atoms with van der Waals surface area (Å²) >= 11 is 0. The van der Waals surface area contributed by atoms with Crippen molar-refractivity contribution in [3.8, 4) is 0 Å². The molecule has 1 aromatic heterocycles. The van der Waals surface area contributed by atoms with Crippen LogP contribution in [0.3, 0.4) is 0 Å². The van der Waals surface area contributed by atoms with Gasteiger partial charge >= 0.3 is 5.97 Å². The monoisotopic (exact) mass is 269 g/mol. The van der Waals surface area contributed by atoms with E-state index in [1.165, 1.54) is 0 Å². The molecule has 2 aromatic rings. The number of aromatic nitrogens is 1. The molecule has 1 aromatic carbocycles. The smallest absolute Gasteiger partial charge is 0.335 e. The third-order valence-electron chi connectivity index (χ3n) is 2.95. The summed E-state index contributed by atoms with van der Waals surface area (Å²) in [6.07, 6.45) is 5.93. The summed E-state index contributed by atoms with van der Waals surface area (Å²) in [6.45, 7) is 1.35. The summed E-state index contributed by atoms with van der Waals surface area (Å²) in [5.41, 5.74) is 7.89. The van der Waals surface area contributed by atoms with E-state index < -0.39 is 5.97 Å². The fraction of sp³-hybridized carbons (Fsp3) is 0.125. The summed E-state index contributed by atoms with van der Waals surface area (Å²) in [4.78, 5) is 10.8. The van der Waals surface area contributed by atoms with Crippen molar-refractivity contribution in [3.63, 3.8) is 0 Å². The Hall–Kier alpha value is -2.46. The van der Waals surface area contributed by atoms with Crippen LogP contribution in [0.15, 0.2) is 48.7 Å². The Kier molecular flexibility index (Phi) is 4.63. The second kappa shape index (κ2) is 6.63. The third kappa shape index (κ3) is 3.52. The van der Waals surface area contributed by atoms with E-state index in [2.05, 4.69) is 4.57 Å². The molecular formula is C16H17N2O2+. The van der Waals surface area contributed by atoms with E-state index in [9.17, 15) is 4.79 Å². The molecule has 0 saturated carbocycles. The highest BCUT2D eigenvalue weighted by atomic mass is 16.4. The Labute approximate surface area is 117 Å². The Bertz CT molecular complexity index is 619. The maximum atomic E-state index is 10.8. The van der Waals surface area contributed by atoms with Crippen LogP contribution in [0.25, 0.3) is 12.2 Å². The minimum absolute atomic E-state index is 0.292. The minimum Gasteiger partial charge on any atom is -0.478 e. The van der Waals surface area contributed by atoms with E-state index in [0.717, 1.165) is 17.8 Å². The predicted molar refractivity (Wildman–Crippen MR) is 78.0 cm³/mol. The van der Waals surface area contributed by atoms with E-state index in [0.29, 0.717) is 12.1 Å². The minimum atomic E-state index is -0.913. The topological polar surface area (TPSA) is 67.2 Å². The third-order valence-corrected chi connectivity index (χ3v) is 2.95. The standard InChI is InChI=1S/C16H16N2O2/c17-10-12-18-11-2-1-3-15(18)9-6-13-4-7-14(8-5-13)16(19)20/h1-9,11H,10,12,17H2/p+1/b9-6+. The maximum Gasteiger partial charge on any atom is 0.335 e. The van der Waals surface area contributed by atoms with Gasteiger partial charge in [-0.25, -0.2) is 4.79 Å². The zero-order chi connectivity index (χ0) is 14.4. The van der Waals surface area contributed by atoms with Crippen LogP contribution in [-0.2, 0) is 6.54 Å². The normalized spacial score (nSPS) is 10.8. The van der Waals surface area contributed by atoms with Gasteiger partial charge in [0.1, 0.15) is 0 Å². The molecular weight excluding hydrogens is 252 g/mol. The molecule has 4 heteroatoms. The summed E-state index contributed by atoms with van der Waals surface area (Å²) < 4.78 is 2.07. The van der Waals surface area contributed by atoms with Gasteiger partial charge in [0.2, 0.25) is 5.69 Å². The van der Waals surface area contributed by atoms with Crippen molar-refractivity contribution in [1.82, 2.24) is 0 Å². The lowest BCUT2D eigenvalue weighted by Crippen LogP contribution is -2.39. The van der Waals surface area contributed by atoms with Crippen molar-refractivity contribution < 1.29 is 14.5 Å². The predicted octanol–water partition coefficient (Wildman–Crippen LogP) is 1.80. The molecule has 0 spiro atoms. The second-order valence-corrected chi connectivity index (χ2v) is 4.37. The molecule has 0 aliphatic heterocycles. The molecule has 2 rings (SSSR count). The molecule has 3 N–H and O–H groups in total. The molecule has 0 fully saturated rings. The molecule has 0 aliphatic rings. The molecule has 0 saturated heterocycles. The fourth-order valence-corrected chi connectivity index (χ4v) is 1.90. The van der Waals surface area contributed by atoms with Gasteiger partial charge in [0.15, 0.2) is 12.7 Å². The first kappa shape index (κ1) is 14.0. The lowest BCUT2D eigenvalue weighted by atomic mass is 10.1. The van der Waals surface area contributed by atoms with Crippen molar-refractivity contribution in [2.75, 3.05) is 6.54 Å². The van der Waals surface area contributed by atoms with Crippen molar-refractivity contribution in [2.24, 2.45) is 5.73 Å². The SMILES string of the molecule is NCC[n+]1ccccc1/C=C/c1ccc(C(=O)O)cc1. The van der Waals surface area contributed by atoms with E-state index in [-0.39, 0.29) is 0 Å². The van der Waals surface area contributed by atoms with Crippen LogP contribution in [0.4, 0.5) is 0 Å². The molecule has 1 heterocycles. The molecule has 102 valence electrons. The van der Waals surface area contributed by atoms with E-state index >= 15 is 0 Å². The van der Waals surface area contributed by atoms with Crippen LogP contribution >= 0.6 is 0 Å². The van der Waals surface area contributed by atoms with Gasteiger partial charge in [-0.2, -0.15) is 4.57 Å². The molecule has 20 heavy (non-hydrogen) atoms. The molecule has 0 unspecified atom stereocenters. The Morgan fingerprint density at radius 2 is 1.90 bits per heavy atom. The summed E-state index contributed by atoms with van der Waals surface area (Å²) in [6, 6.07) is 12.7. The number of rotatable bonds is 5. The first-order valence-electron chi connectivity index (χ1n) is 6.40. The van der Waals surface area contributed by atoms with E-state index in [4.69, 9.17) is 10.8 Å². The second-order valence-electron chi connectivity index (χ2n) is 4.37. The highest BCUT2D eigenvalue weighted by molar-refractivity contribution is 5.88. The molecule has 0 amide bonds. The number of carboxylic acids is 1. The highest BCUT2D eigenvalue weighted by Gasteiger charge is 2.04. The molecule has 0 aliphatic carbocycles. The van der Waals surface area contributed by atoms with Crippen molar-refractivity contribution in [3.05, 3.63) is 65.5 Å². The Morgan fingerprint density at radius 3 is 2.55 bits per heavy atom. The van der Waals surface area contributed by atoms with Gasteiger partial charge in [0.05, 0.1) is 12.1 Å². The van der Waals surface area contributed by atoms with Gasteiger partial charge in [-0.05, 0) is 29.8 Å². The fourth-order valence-electron chi connectivity index (χ4n) is 1.90. The average Bonchev–Trinajstić information content (AvgIpc) is 2.47. The summed E-state index contributed by atoms with van der Waals surface area (Å²) in [5, 5.41) is 8.85. The number of nitrogens with zero attached hydrogens (tertiary/aromatic N) is 1. The van der Waals surface area contributed by atoms with E-state index in [1.54, 1.807) is 24.3 Å². The van der Waals surface area contributed by atoms with Crippen LogP contribution in [0, 0.1) is 0 Å². The van der Waals surface area contributed by atoms with Gasteiger partial charge < -0.3 is 10.8 Å². The van der Waals surface area contributed by atoms with Gasteiger partial charge in [-0.3, -0.25) is 0 Å². The summed E-state index contributed by atoms with van der Waals surface area (Å²) in [5.74, 6) is -0.913. The quantitative estimate of drug-likeness (QED) is 0.813. The van der Waals surface area contributed by atoms with Crippen LogP contribution in [-0.4, -0.2) is 17.6 Å². The van der Waals surface area contributed by atoms with Crippen LogP contribution in [0.5, 0.6) is 0 Å². The molecule has 0 bridgehead atoms. The van der Waals surface area contributed by atoms with Crippen molar-refractivity contribution in [2.45, 2.75) is 6.54 Å². The largest absolute Gasteiger partial charge is 0.478 e. The number of aromatic carboxylic acids is 1. The van der Waals surface area contributed by atoms with Gasteiger partial charge in [0, 0.05) is 18.2 Å². The average molecular weight is 269 g/mol. The number of carboxylic acid groups (broad SMARTS) is 1. The zero-order valence-corrected chi connectivity index (χ0v) is 11.1. The Balaban J connectivity index is 2.18.